The van der Waals surface area contributed by atoms with Gasteiger partial charge in [0.15, 0.2) is 11.4 Å². The van der Waals surface area contributed by atoms with Crippen molar-refractivity contribution < 1.29 is 0 Å². The summed E-state index contributed by atoms with van der Waals surface area (Å²) in [5.41, 5.74) is 2.73. The average molecular weight is 306 g/mol. The molecule has 5 nitrogen and oxygen atoms in total. The van der Waals surface area contributed by atoms with Crippen LogP contribution in [0.5, 0.6) is 0 Å². The maximum absolute atomic E-state index is 12.5. The molecule has 0 spiro atoms. The number of benzene rings is 1. The van der Waals surface area contributed by atoms with Crippen molar-refractivity contribution in [3.63, 3.8) is 0 Å². The van der Waals surface area contributed by atoms with Crippen molar-refractivity contribution in [2.24, 2.45) is 0 Å². The van der Waals surface area contributed by atoms with Crippen molar-refractivity contribution in [1.82, 2.24) is 9.55 Å². The minimum Gasteiger partial charge on any atom is -0.355 e. The molecule has 0 amide bonds. The number of nitriles is 1. The van der Waals surface area contributed by atoms with Crippen LogP contribution in [0.2, 0.25) is 0 Å². The van der Waals surface area contributed by atoms with E-state index in [0.717, 1.165) is 44.6 Å². The van der Waals surface area contributed by atoms with E-state index >= 15 is 0 Å². The van der Waals surface area contributed by atoms with E-state index < -0.39 is 0 Å². The van der Waals surface area contributed by atoms with Gasteiger partial charge >= 0.3 is 0 Å². The predicted octanol–water partition coefficient (Wildman–Crippen LogP) is 1.67. The summed E-state index contributed by atoms with van der Waals surface area (Å²) in [6, 6.07) is 10.5. The Balaban J connectivity index is 1.74. The molecule has 0 radical (unpaired) electrons. The lowest BCUT2D eigenvalue weighted by molar-refractivity contribution is 0.699. The summed E-state index contributed by atoms with van der Waals surface area (Å²) in [5, 5.41) is 9.48. The van der Waals surface area contributed by atoms with E-state index in [1.165, 1.54) is 11.1 Å². The van der Waals surface area contributed by atoms with Crippen LogP contribution in [0.4, 0.5) is 5.82 Å². The predicted molar refractivity (Wildman–Crippen MR) is 87.6 cm³/mol. The first-order valence-electron chi connectivity index (χ1n) is 8.13. The average Bonchev–Trinajstić information content (AvgIpc) is 2.94. The van der Waals surface area contributed by atoms with Crippen LogP contribution in [-0.2, 0) is 25.8 Å². The molecule has 0 bridgehead atoms. The molecule has 0 atom stereocenters. The van der Waals surface area contributed by atoms with Gasteiger partial charge in [0.25, 0.3) is 5.56 Å². The molecule has 1 aromatic carbocycles. The fourth-order valence-corrected chi connectivity index (χ4v) is 3.61. The lowest BCUT2D eigenvalue weighted by Crippen LogP contribution is -2.33. The zero-order chi connectivity index (χ0) is 15.8. The first-order chi connectivity index (χ1) is 11.3. The van der Waals surface area contributed by atoms with Crippen LogP contribution in [0.15, 0.2) is 29.1 Å². The minimum atomic E-state index is -0.174. The lowest BCUT2D eigenvalue weighted by atomic mass is 10.0. The van der Waals surface area contributed by atoms with E-state index in [9.17, 15) is 10.1 Å². The van der Waals surface area contributed by atoms with Crippen molar-refractivity contribution in [3.8, 4) is 6.07 Å². The molecule has 2 aliphatic heterocycles. The Bertz CT molecular complexity index is 835. The Morgan fingerprint density at radius 1 is 1.04 bits per heavy atom. The molecular weight excluding hydrogens is 288 g/mol. The summed E-state index contributed by atoms with van der Waals surface area (Å²) in [7, 11) is 0. The largest absolute Gasteiger partial charge is 0.355 e. The Labute approximate surface area is 134 Å². The van der Waals surface area contributed by atoms with E-state index in [2.05, 4.69) is 40.2 Å². The van der Waals surface area contributed by atoms with Crippen molar-refractivity contribution in [2.45, 2.75) is 32.2 Å². The zero-order valence-corrected chi connectivity index (χ0v) is 13.0. The van der Waals surface area contributed by atoms with Gasteiger partial charge in [0.05, 0.1) is 0 Å². The molecule has 23 heavy (non-hydrogen) atoms. The van der Waals surface area contributed by atoms with Crippen LogP contribution in [0.25, 0.3) is 0 Å². The van der Waals surface area contributed by atoms with E-state index in [0.29, 0.717) is 12.4 Å². The van der Waals surface area contributed by atoms with Crippen LogP contribution in [-0.4, -0.2) is 22.6 Å². The lowest BCUT2D eigenvalue weighted by Gasteiger charge is -2.23. The van der Waals surface area contributed by atoms with Crippen molar-refractivity contribution >= 4 is 5.82 Å². The number of rotatable bonds is 1. The number of aryl methyl sites for hydroxylation is 1. The first kappa shape index (κ1) is 14.0. The van der Waals surface area contributed by atoms with Crippen LogP contribution >= 0.6 is 0 Å². The number of aromatic nitrogens is 2. The van der Waals surface area contributed by atoms with Crippen LogP contribution in [0, 0.1) is 11.3 Å². The summed E-state index contributed by atoms with van der Waals surface area (Å²) < 4.78 is 1.66. The molecule has 4 rings (SSSR count). The zero-order valence-electron chi connectivity index (χ0n) is 13.0. The molecule has 5 heteroatoms. The van der Waals surface area contributed by atoms with E-state index in [1.807, 2.05) is 0 Å². The third-order valence-electron chi connectivity index (χ3n) is 4.84. The van der Waals surface area contributed by atoms with Crippen LogP contribution < -0.4 is 10.5 Å². The van der Waals surface area contributed by atoms with Gasteiger partial charge in [-0.3, -0.25) is 9.36 Å². The molecule has 0 saturated heterocycles. The summed E-state index contributed by atoms with van der Waals surface area (Å²) in [6.45, 7) is 2.27. The van der Waals surface area contributed by atoms with Gasteiger partial charge in [-0.1, -0.05) is 24.3 Å². The molecule has 0 fully saturated rings. The fraction of sp³-hybridized carbons (Fsp3) is 0.389. The smallest absolute Gasteiger partial charge is 0.273 e. The SMILES string of the molecule is N#Cc1c(N2CCc3ccccc3CC2)nc2n(c1=O)CCC2. The molecule has 0 unspecified atom stereocenters. The number of anilines is 1. The number of nitrogens with zero attached hydrogens (tertiary/aromatic N) is 4. The Morgan fingerprint density at radius 2 is 1.74 bits per heavy atom. The molecular formula is C18H18N4O. The topological polar surface area (TPSA) is 61.9 Å². The quantitative estimate of drug-likeness (QED) is 0.804. The standard InChI is InChI=1S/C18H18N4O/c19-12-15-17(20-16-6-3-9-22(16)18(15)23)21-10-7-13-4-1-2-5-14(13)8-11-21/h1-2,4-5H,3,6-11H2. The molecule has 1 aromatic heterocycles. The van der Waals surface area contributed by atoms with Crippen molar-refractivity contribution in [2.75, 3.05) is 18.0 Å². The summed E-state index contributed by atoms with van der Waals surface area (Å²) in [5.74, 6) is 1.41. The third kappa shape index (κ3) is 2.31. The van der Waals surface area contributed by atoms with Gasteiger partial charge in [0.2, 0.25) is 0 Å². The van der Waals surface area contributed by atoms with E-state index in [4.69, 9.17) is 0 Å². The third-order valence-corrected chi connectivity index (χ3v) is 4.84. The molecule has 0 saturated carbocycles. The monoisotopic (exact) mass is 306 g/mol. The van der Waals surface area contributed by atoms with Gasteiger partial charge in [-0.05, 0) is 30.4 Å². The highest BCUT2D eigenvalue weighted by Crippen LogP contribution is 2.23. The van der Waals surface area contributed by atoms with Gasteiger partial charge < -0.3 is 4.90 Å². The second-order valence-corrected chi connectivity index (χ2v) is 6.15. The molecule has 0 aliphatic carbocycles. The maximum atomic E-state index is 12.5. The van der Waals surface area contributed by atoms with Gasteiger partial charge in [-0.2, -0.15) is 5.26 Å². The summed E-state index contributed by atoms with van der Waals surface area (Å²) in [6.07, 6.45) is 3.59. The second-order valence-electron chi connectivity index (χ2n) is 6.15. The molecule has 2 aromatic rings. The number of hydrogen-bond donors (Lipinski definition) is 0. The van der Waals surface area contributed by atoms with E-state index in [-0.39, 0.29) is 11.1 Å². The van der Waals surface area contributed by atoms with Gasteiger partial charge in [0.1, 0.15) is 11.9 Å². The summed E-state index contributed by atoms with van der Waals surface area (Å²) >= 11 is 0. The Morgan fingerprint density at radius 3 is 2.39 bits per heavy atom. The van der Waals surface area contributed by atoms with Gasteiger partial charge in [-0.15, -0.1) is 0 Å². The molecule has 0 N–H and O–H groups in total. The molecule has 116 valence electrons. The highest BCUT2D eigenvalue weighted by Gasteiger charge is 2.24. The van der Waals surface area contributed by atoms with Crippen LogP contribution in [0.3, 0.4) is 0 Å². The Hall–Kier alpha value is -2.61. The van der Waals surface area contributed by atoms with Crippen molar-refractivity contribution in [3.05, 3.63) is 57.1 Å². The van der Waals surface area contributed by atoms with Gasteiger partial charge in [0, 0.05) is 26.1 Å². The highest BCUT2D eigenvalue weighted by atomic mass is 16.1. The van der Waals surface area contributed by atoms with Gasteiger partial charge in [-0.25, -0.2) is 4.98 Å². The fourth-order valence-electron chi connectivity index (χ4n) is 3.61. The Kier molecular flexibility index (Phi) is 3.38. The van der Waals surface area contributed by atoms with Crippen molar-refractivity contribution in [1.29, 1.82) is 5.26 Å². The second kappa shape index (κ2) is 5.54. The summed E-state index contributed by atoms with van der Waals surface area (Å²) in [4.78, 5) is 19.3. The normalized spacial score (nSPS) is 16.4. The van der Waals surface area contributed by atoms with E-state index in [1.54, 1.807) is 4.57 Å². The molecule has 3 heterocycles. The maximum Gasteiger partial charge on any atom is 0.273 e. The highest BCUT2D eigenvalue weighted by molar-refractivity contribution is 5.54. The number of fused-ring (bicyclic) bond motifs is 2. The minimum absolute atomic E-state index is 0.174. The molecule has 2 aliphatic rings. The first-order valence-corrected chi connectivity index (χ1v) is 8.13. The number of hydrogen-bond acceptors (Lipinski definition) is 4. The van der Waals surface area contributed by atoms with Crippen LogP contribution in [0.1, 0.15) is 28.9 Å².